The smallest absolute Gasteiger partial charge is 0.247 e. The van der Waals surface area contributed by atoms with Crippen molar-refractivity contribution in [2.24, 2.45) is 0 Å². The Hall–Kier alpha value is -3.65. The van der Waals surface area contributed by atoms with Crippen LogP contribution in [-0.4, -0.2) is 10.9 Å². The average Bonchev–Trinajstić information content (AvgIpc) is 2.62. The number of carbonyl (C=O) groups is 1. The third kappa shape index (κ3) is 2.81. The van der Waals surface area contributed by atoms with Crippen LogP contribution in [0.4, 0.5) is 11.4 Å². The van der Waals surface area contributed by atoms with Crippen molar-refractivity contribution in [1.82, 2.24) is 4.98 Å². The van der Waals surface area contributed by atoms with Gasteiger partial charge in [-0.3, -0.25) is 9.78 Å². The number of fused-ring (bicyclic) bond motifs is 1. The summed E-state index contributed by atoms with van der Waals surface area (Å²) < 4.78 is 0. The molecular weight excluding hydrogens is 300 g/mol. The molecule has 0 bridgehead atoms. The fraction of sp³-hybridized carbons (Fsp3) is 0. The highest BCUT2D eigenvalue weighted by atomic mass is 16.1. The topological polar surface area (TPSA) is 91.8 Å². The van der Waals surface area contributed by atoms with Gasteiger partial charge in [0.05, 0.1) is 16.8 Å². The molecule has 0 unspecified atom stereocenters. The van der Waals surface area contributed by atoms with Gasteiger partial charge in [0.2, 0.25) is 5.91 Å². The Morgan fingerprint density at radius 1 is 1.21 bits per heavy atom. The number of nitrogens with zero attached hydrogens (tertiary/aromatic N) is 2. The van der Waals surface area contributed by atoms with E-state index in [1.54, 1.807) is 24.4 Å². The van der Waals surface area contributed by atoms with Crippen LogP contribution in [0.3, 0.4) is 0 Å². The average molecular weight is 314 g/mol. The first-order valence-electron chi connectivity index (χ1n) is 7.24. The molecular formula is C19H14N4O. The Kier molecular flexibility index (Phi) is 3.96. The number of pyridine rings is 1. The molecule has 24 heavy (non-hydrogen) atoms. The summed E-state index contributed by atoms with van der Waals surface area (Å²) in [5.41, 5.74) is 9.84. The third-order valence-electron chi connectivity index (χ3n) is 3.69. The van der Waals surface area contributed by atoms with Gasteiger partial charge in [0.25, 0.3) is 0 Å². The summed E-state index contributed by atoms with van der Waals surface area (Å²) in [6, 6.07) is 14.8. The van der Waals surface area contributed by atoms with Crippen LogP contribution in [-0.2, 0) is 4.79 Å². The van der Waals surface area contributed by atoms with Crippen LogP contribution in [0.2, 0.25) is 0 Å². The van der Waals surface area contributed by atoms with Gasteiger partial charge in [0.1, 0.15) is 6.07 Å². The number of hydrogen-bond donors (Lipinski definition) is 2. The fourth-order valence-corrected chi connectivity index (χ4v) is 2.45. The van der Waals surface area contributed by atoms with Crippen LogP contribution < -0.4 is 11.1 Å². The molecule has 0 radical (unpaired) electrons. The lowest BCUT2D eigenvalue weighted by atomic mass is 10.00. The van der Waals surface area contributed by atoms with Gasteiger partial charge in [-0.15, -0.1) is 0 Å². The van der Waals surface area contributed by atoms with Crippen molar-refractivity contribution >= 4 is 28.2 Å². The molecule has 3 N–H and O–H groups in total. The molecule has 1 heterocycles. The number of amides is 1. The summed E-state index contributed by atoms with van der Waals surface area (Å²) in [6.45, 7) is 3.46. The molecule has 0 saturated heterocycles. The van der Waals surface area contributed by atoms with Crippen molar-refractivity contribution in [3.05, 3.63) is 66.9 Å². The summed E-state index contributed by atoms with van der Waals surface area (Å²) in [5, 5.41) is 12.7. The number of rotatable bonds is 3. The predicted octanol–water partition coefficient (Wildman–Crippen LogP) is 3.48. The second kappa shape index (κ2) is 6.23. The maximum absolute atomic E-state index is 11.6. The molecule has 5 heteroatoms. The molecule has 0 saturated carbocycles. The molecule has 116 valence electrons. The highest BCUT2D eigenvalue weighted by Crippen LogP contribution is 2.29. The minimum Gasteiger partial charge on any atom is -0.398 e. The predicted molar refractivity (Wildman–Crippen MR) is 95.1 cm³/mol. The highest BCUT2D eigenvalue weighted by Gasteiger charge is 2.08. The Labute approximate surface area is 139 Å². The molecule has 5 nitrogen and oxygen atoms in total. The van der Waals surface area contributed by atoms with Crippen molar-refractivity contribution in [3.8, 4) is 17.2 Å². The van der Waals surface area contributed by atoms with Crippen LogP contribution >= 0.6 is 0 Å². The molecule has 0 aliphatic rings. The summed E-state index contributed by atoms with van der Waals surface area (Å²) in [4.78, 5) is 15.9. The van der Waals surface area contributed by atoms with E-state index in [0.717, 1.165) is 22.0 Å². The number of benzene rings is 2. The van der Waals surface area contributed by atoms with Gasteiger partial charge in [0, 0.05) is 17.3 Å². The highest BCUT2D eigenvalue weighted by molar-refractivity contribution is 6.05. The van der Waals surface area contributed by atoms with Crippen molar-refractivity contribution in [2.45, 2.75) is 0 Å². The summed E-state index contributed by atoms with van der Waals surface area (Å²) >= 11 is 0. The fourth-order valence-electron chi connectivity index (χ4n) is 2.45. The number of nitrogens with one attached hydrogen (secondary N) is 1. The Bertz CT molecular complexity index is 1000. The second-order valence-electron chi connectivity index (χ2n) is 5.20. The Morgan fingerprint density at radius 3 is 2.71 bits per heavy atom. The number of nitrogen functional groups attached to an aromatic ring is 1. The standard InChI is InChI=1S/C19H14N4O/c1-2-19(24)23-18-7-8-22-17-6-4-13(10-15(17)18)12-3-5-16(21)14(9-12)11-20/h2-10H,1,21H2,(H,22,23,24). The van der Waals surface area contributed by atoms with Gasteiger partial charge >= 0.3 is 0 Å². The van der Waals surface area contributed by atoms with Crippen molar-refractivity contribution in [2.75, 3.05) is 11.1 Å². The van der Waals surface area contributed by atoms with Gasteiger partial charge in [0.15, 0.2) is 0 Å². The molecule has 0 aliphatic heterocycles. The number of carbonyl (C=O) groups excluding carboxylic acids is 1. The van der Waals surface area contributed by atoms with Gasteiger partial charge in [-0.05, 0) is 47.5 Å². The summed E-state index contributed by atoms with van der Waals surface area (Å²) in [6.07, 6.45) is 2.85. The number of anilines is 2. The molecule has 0 atom stereocenters. The Balaban J connectivity index is 2.14. The number of aromatic nitrogens is 1. The van der Waals surface area contributed by atoms with Gasteiger partial charge in [-0.1, -0.05) is 18.7 Å². The van der Waals surface area contributed by atoms with Crippen LogP contribution in [0.1, 0.15) is 5.56 Å². The van der Waals surface area contributed by atoms with Crippen LogP contribution in [0.15, 0.2) is 61.3 Å². The Morgan fingerprint density at radius 2 is 1.96 bits per heavy atom. The first kappa shape index (κ1) is 15.3. The maximum atomic E-state index is 11.6. The van der Waals surface area contributed by atoms with E-state index in [0.29, 0.717) is 16.9 Å². The molecule has 2 aromatic carbocycles. The lowest BCUT2D eigenvalue weighted by molar-refractivity contribution is -0.111. The molecule has 0 aliphatic carbocycles. The minimum absolute atomic E-state index is 0.285. The van der Waals surface area contributed by atoms with E-state index in [9.17, 15) is 4.79 Å². The molecule has 1 amide bonds. The molecule has 3 aromatic rings. The zero-order valence-electron chi connectivity index (χ0n) is 12.8. The minimum atomic E-state index is -0.285. The molecule has 3 rings (SSSR count). The SMILES string of the molecule is C=CC(=O)Nc1ccnc2ccc(-c3ccc(N)c(C#N)c3)cc12. The van der Waals surface area contributed by atoms with E-state index >= 15 is 0 Å². The van der Waals surface area contributed by atoms with E-state index < -0.39 is 0 Å². The van der Waals surface area contributed by atoms with Gasteiger partial charge in [-0.25, -0.2) is 0 Å². The quantitative estimate of drug-likeness (QED) is 0.572. The van der Waals surface area contributed by atoms with Gasteiger partial charge in [-0.2, -0.15) is 5.26 Å². The zero-order valence-corrected chi connectivity index (χ0v) is 12.8. The van der Waals surface area contributed by atoms with E-state index in [2.05, 4.69) is 22.9 Å². The van der Waals surface area contributed by atoms with Crippen LogP contribution in [0.5, 0.6) is 0 Å². The lowest BCUT2D eigenvalue weighted by Gasteiger charge is -2.09. The van der Waals surface area contributed by atoms with E-state index in [4.69, 9.17) is 11.0 Å². The number of nitriles is 1. The first-order chi connectivity index (χ1) is 11.6. The van der Waals surface area contributed by atoms with E-state index in [-0.39, 0.29) is 5.91 Å². The first-order valence-corrected chi connectivity index (χ1v) is 7.24. The van der Waals surface area contributed by atoms with E-state index in [1.807, 2.05) is 24.3 Å². The third-order valence-corrected chi connectivity index (χ3v) is 3.69. The van der Waals surface area contributed by atoms with Crippen LogP contribution in [0.25, 0.3) is 22.0 Å². The van der Waals surface area contributed by atoms with Crippen molar-refractivity contribution < 1.29 is 4.79 Å². The maximum Gasteiger partial charge on any atom is 0.247 e. The summed E-state index contributed by atoms with van der Waals surface area (Å²) in [5.74, 6) is -0.285. The molecule has 1 aromatic heterocycles. The monoisotopic (exact) mass is 314 g/mol. The number of nitrogens with two attached hydrogens (primary N) is 1. The lowest BCUT2D eigenvalue weighted by Crippen LogP contribution is -2.07. The number of hydrogen-bond acceptors (Lipinski definition) is 4. The van der Waals surface area contributed by atoms with Crippen molar-refractivity contribution in [1.29, 1.82) is 5.26 Å². The van der Waals surface area contributed by atoms with Crippen molar-refractivity contribution in [3.63, 3.8) is 0 Å². The van der Waals surface area contributed by atoms with Gasteiger partial charge < -0.3 is 11.1 Å². The largest absolute Gasteiger partial charge is 0.398 e. The molecule has 0 spiro atoms. The van der Waals surface area contributed by atoms with Crippen LogP contribution in [0, 0.1) is 11.3 Å². The second-order valence-corrected chi connectivity index (χ2v) is 5.20. The zero-order chi connectivity index (χ0) is 17.1. The summed E-state index contributed by atoms with van der Waals surface area (Å²) in [7, 11) is 0. The van der Waals surface area contributed by atoms with E-state index in [1.165, 1.54) is 6.08 Å². The normalized spacial score (nSPS) is 10.1. The molecule has 0 fully saturated rings.